The average molecular weight is 621 g/mol. The van der Waals surface area contributed by atoms with E-state index in [1.54, 1.807) is 69.3 Å². The summed E-state index contributed by atoms with van der Waals surface area (Å²) in [6.07, 6.45) is -0.670. The molecule has 4 aromatic rings. The lowest BCUT2D eigenvalue weighted by Gasteiger charge is -2.33. The van der Waals surface area contributed by atoms with Gasteiger partial charge in [0.2, 0.25) is 0 Å². The summed E-state index contributed by atoms with van der Waals surface area (Å²) in [4.78, 5) is 26.4. The molecule has 0 aromatic heterocycles. The summed E-state index contributed by atoms with van der Waals surface area (Å²) in [5.41, 5.74) is -0.744. The van der Waals surface area contributed by atoms with Crippen molar-refractivity contribution in [2.75, 3.05) is 6.16 Å². The Kier molecular flexibility index (Phi) is 10.5. The first-order chi connectivity index (χ1) is 20.9. The van der Waals surface area contributed by atoms with Crippen LogP contribution >= 0.6 is 7.26 Å². The van der Waals surface area contributed by atoms with Crippen molar-refractivity contribution in [3.8, 4) is 0 Å². The molecule has 1 amide bonds. The molecule has 0 aliphatic heterocycles. The topological polar surface area (TPSA) is 64.6 Å². The third kappa shape index (κ3) is 8.29. The van der Waals surface area contributed by atoms with Crippen LogP contribution in [-0.2, 0) is 20.9 Å². The van der Waals surface area contributed by atoms with Gasteiger partial charge in [-0.2, -0.15) is 0 Å². The number of amides is 1. The summed E-state index contributed by atoms with van der Waals surface area (Å²) in [5.74, 6) is -0.702. The first-order valence-electron chi connectivity index (χ1n) is 14.4. The maximum absolute atomic E-state index is 14.7. The van der Waals surface area contributed by atoms with E-state index in [1.165, 1.54) is 6.07 Å². The molecule has 1 unspecified atom stereocenters. The van der Waals surface area contributed by atoms with Crippen LogP contribution in [0.2, 0.25) is 0 Å². The van der Waals surface area contributed by atoms with Gasteiger partial charge in [0, 0.05) is 6.42 Å². The molecule has 4 rings (SSSR count). The highest BCUT2D eigenvalue weighted by atomic mass is 31.2. The zero-order valence-corrected chi connectivity index (χ0v) is 25.9. The first kappa shape index (κ1) is 32.8. The van der Waals surface area contributed by atoms with E-state index in [9.17, 15) is 22.5 Å². The number of nitrogens with one attached hydrogen (secondary N) is 1. The Balaban J connectivity index is 1.80. The van der Waals surface area contributed by atoms with Gasteiger partial charge in [-0.1, -0.05) is 90.4 Å². The molecule has 5 nitrogen and oxygen atoms in total. The molecule has 44 heavy (non-hydrogen) atoms. The highest BCUT2D eigenvalue weighted by Crippen LogP contribution is 2.56. The fraction of sp³-hybridized carbons (Fsp3) is 0.235. The Labute approximate surface area is 257 Å². The third-order valence-electron chi connectivity index (χ3n) is 7.05. The van der Waals surface area contributed by atoms with E-state index in [4.69, 9.17) is 9.47 Å². The average Bonchev–Trinajstić information content (AvgIpc) is 3.00. The smallest absolute Gasteiger partial charge is 0.459 e. The van der Waals surface area contributed by atoms with E-state index >= 15 is 0 Å². The summed E-state index contributed by atoms with van der Waals surface area (Å²) in [6, 6.07) is 31.8. The number of benzene rings is 4. The van der Waals surface area contributed by atoms with Crippen molar-refractivity contribution in [3.05, 3.63) is 121 Å². The Bertz CT molecular complexity index is 1490. The molecule has 0 aliphatic carbocycles. The second-order valence-corrected chi connectivity index (χ2v) is 15.0. The largest absolute Gasteiger partial charge is 0.513 e. The summed E-state index contributed by atoms with van der Waals surface area (Å²) in [5, 5.41) is 4.28. The molecular formula is C34H36BF3NO4P. The van der Waals surface area contributed by atoms with Crippen molar-refractivity contribution in [1.29, 1.82) is 0 Å². The number of hydrogen-bond acceptors (Lipinski definition) is 4. The maximum Gasteiger partial charge on any atom is 0.513 e. The van der Waals surface area contributed by atoms with E-state index in [1.807, 2.05) is 54.6 Å². The Morgan fingerprint density at radius 1 is 0.773 bits per heavy atom. The van der Waals surface area contributed by atoms with E-state index in [0.29, 0.717) is 0 Å². The number of rotatable bonds is 11. The van der Waals surface area contributed by atoms with Gasteiger partial charge in [0.1, 0.15) is 36.1 Å². The summed E-state index contributed by atoms with van der Waals surface area (Å²) in [6.45, 7) is -0.291. The minimum absolute atomic E-state index is 0.00359. The molecule has 10 heteroatoms. The van der Waals surface area contributed by atoms with Gasteiger partial charge in [0.25, 0.3) is 0 Å². The predicted molar refractivity (Wildman–Crippen MR) is 173 cm³/mol. The Morgan fingerprint density at radius 3 is 1.80 bits per heavy atom. The number of hydrogen-bond donors (Lipinski definition) is 1. The third-order valence-corrected chi connectivity index (χ3v) is 11.6. The highest BCUT2D eigenvalue weighted by Gasteiger charge is 2.49. The van der Waals surface area contributed by atoms with E-state index in [0.717, 1.165) is 22.2 Å². The van der Waals surface area contributed by atoms with Gasteiger partial charge in [-0.3, -0.25) is 0 Å². The molecule has 0 saturated carbocycles. The predicted octanol–water partition coefficient (Wildman–Crippen LogP) is 6.06. The van der Waals surface area contributed by atoms with Gasteiger partial charge < -0.3 is 27.7 Å². The van der Waals surface area contributed by atoms with Crippen LogP contribution in [0.25, 0.3) is 0 Å². The lowest BCUT2D eigenvalue weighted by Crippen LogP contribution is -2.50. The molecule has 4 aromatic carbocycles. The minimum atomic E-state index is -5.37. The van der Waals surface area contributed by atoms with Crippen LogP contribution in [0.5, 0.6) is 0 Å². The number of alkyl carbamates (subject to hydrolysis) is 1. The van der Waals surface area contributed by atoms with E-state index in [2.05, 4.69) is 5.32 Å². The monoisotopic (exact) mass is 621 g/mol. The molecule has 0 heterocycles. The number of halogens is 3. The van der Waals surface area contributed by atoms with E-state index < -0.39 is 43.4 Å². The van der Waals surface area contributed by atoms with Gasteiger partial charge in [-0.15, -0.1) is 0 Å². The fourth-order valence-corrected chi connectivity index (χ4v) is 9.76. The normalized spacial score (nSPS) is 12.7. The first-order valence-corrected chi connectivity index (χ1v) is 16.4. The number of esters is 1. The van der Waals surface area contributed by atoms with Crippen LogP contribution in [0.3, 0.4) is 0 Å². The van der Waals surface area contributed by atoms with Crippen LogP contribution in [0, 0.1) is 0 Å². The Hall–Kier alpha value is -4.10. The van der Waals surface area contributed by atoms with Gasteiger partial charge in [-0.25, -0.2) is 9.59 Å². The van der Waals surface area contributed by atoms with Crippen molar-refractivity contribution in [2.24, 2.45) is 0 Å². The molecule has 0 spiro atoms. The maximum atomic E-state index is 14.7. The number of carbonyl (C=O) groups excluding carboxylic acids is 2. The molecule has 0 aliphatic rings. The minimum Gasteiger partial charge on any atom is -0.459 e. The van der Waals surface area contributed by atoms with Crippen molar-refractivity contribution >= 4 is 47.7 Å². The van der Waals surface area contributed by atoms with Crippen LogP contribution in [0.1, 0.15) is 32.8 Å². The summed E-state index contributed by atoms with van der Waals surface area (Å²) in [7, 11) is -3.05. The second kappa shape index (κ2) is 14.1. The fourth-order valence-electron chi connectivity index (χ4n) is 5.13. The molecule has 0 radical (unpaired) electrons. The SMILES string of the molecule is CC(C)(C)OC(=O)NC(CC[P+](c1ccccc1)(c1ccccc1)c1ccccc1[B-](F)(F)F)C(=O)OCc1ccccc1. The summed E-state index contributed by atoms with van der Waals surface area (Å²) < 4.78 is 55.0. The molecule has 1 N–H and O–H groups in total. The van der Waals surface area contributed by atoms with Crippen molar-refractivity contribution in [1.82, 2.24) is 5.32 Å². The van der Waals surface area contributed by atoms with Gasteiger partial charge in [0.05, 0.1) is 11.5 Å². The van der Waals surface area contributed by atoms with Gasteiger partial charge in [-0.05, 0) is 56.7 Å². The van der Waals surface area contributed by atoms with Crippen molar-refractivity contribution in [2.45, 2.75) is 45.4 Å². The van der Waals surface area contributed by atoms with Crippen molar-refractivity contribution < 1.29 is 32.0 Å². The van der Waals surface area contributed by atoms with E-state index in [-0.39, 0.29) is 24.5 Å². The van der Waals surface area contributed by atoms with Crippen LogP contribution in [-0.4, -0.2) is 36.8 Å². The lowest BCUT2D eigenvalue weighted by atomic mass is 9.80. The molecular weight excluding hydrogens is 585 g/mol. The Morgan fingerprint density at radius 2 is 1.27 bits per heavy atom. The van der Waals surface area contributed by atoms with Crippen LogP contribution < -0.4 is 26.7 Å². The zero-order valence-electron chi connectivity index (χ0n) is 25.0. The zero-order chi connectivity index (χ0) is 31.8. The molecule has 0 fully saturated rings. The lowest BCUT2D eigenvalue weighted by molar-refractivity contribution is -0.147. The molecule has 1 atom stereocenters. The van der Waals surface area contributed by atoms with Crippen LogP contribution in [0.15, 0.2) is 115 Å². The number of ether oxygens (including phenoxy) is 2. The van der Waals surface area contributed by atoms with Gasteiger partial charge >= 0.3 is 19.0 Å². The molecule has 230 valence electrons. The van der Waals surface area contributed by atoms with Crippen LogP contribution in [0.4, 0.5) is 17.7 Å². The number of carbonyl (C=O) groups is 2. The quantitative estimate of drug-likeness (QED) is 0.126. The standard InChI is InChI=1S/C34H36BF3NO4P/c1-34(2,3)43-33(41)39-30(32(40)42-25-26-15-7-4-8-16-26)23-24-44(27-17-9-5-10-18-27,28-19-11-6-12-20-28)31-22-14-13-21-29(31)35(36,37)38/h4-22,30H,23-25H2,1-3H3,(H,39,41). The highest BCUT2D eigenvalue weighted by molar-refractivity contribution is 7.96. The summed E-state index contributed by atoms with van der Waals surface area (Å²) >= 11 is 0. The van der Waals surface area contributed by atoms with Gasteiger partial charge in [0.15, 0.2) is 0 Å². The molecule has 0 saturated heterocycles. The molecule has 0 bridgehead atoms. The second-order valence-electron chi connectivity index (χ2n) is 11.4. The van der Waals surface area contributed by atoms with Crippen molar-refractivity contribution in [3.63, 3.8) is 0 Å².